The molecule has 0 radical (unpaired) electrons. The Morgan fingerprint density at radius 2 is 2.05 bits per heavy atom. The Hall–Kier alpha value is -2.39. The summed E-state index contributed by atoms with van der Waals surface area (Å²) in [7, 11) is 0. The number of hydrogen-bond acceptors (Lipinski definition) is 4. The van der Waals surface area contributed by atoms with E-state index in [1.807, 2.05) is 6.07 Å². The normalized spacial score (nSPS) is 14.9. The molecule has 1 aliphatic carbocycles. The van der Waals surface area contributed by atoms with E-state index >= 15 is 0 Å². The lowest BCUT2D eigenvalue weighted by Crippen LogP contribution is -2.37. The maximum Gasteiger partial charge on any atom is 0.313 e. The highest BCUT2D eigenvalue weighted by Gasteiger charge is 2.29. The molecule has 3 N–H and O–H groups in total. The van der Waals surface area contributed by atoms with Gasteiger partial charge in [0.05, 0.1) is 17.4 Å². The molecule has 0 heterocycles. The van der Waals surface area contributed by atoms with Crippen molar-refractivity contribution >= 4 is 17.5 Å². The second kappa shape index (κ2) is 6.86. The van der Waals surface area contributed by atoms with Crippen molar-refractivity contribution in [1.82, 2.24) is 5.32 Å². The molecule has 1 aliphatic rings. The Morgan fingerprint density at radius 1 is 1.33 bits per heavy atom. The van der Waals surface area contributed by atoms with Crippen LogP contribution in [0.2, 0.25) is 0 Å². The van der Waals surface area contributed by atoms with Gasteiger partial charge < -0.3 is 15.7 Å². The molecule has 1 fully saturated rings. The van der Waals surface area contributed by atoms with Gasteiger partial charge in [0.25, 0.3) is 0 Å². The van der Waals surface area contributed by atoms with Gasteiger partial charge in [-0.15, -0.1) is 0 Å². The van der Waals surface area contributed by atoms with Gasteiger partial charge in [0, 0.05) is 6.54 Å². The molecule has 1 saturated carbocycles. The van der Waals surface area contributed by atoms with Crippen molar-refractivity contribution in [2.45, 2.75) is 25.4 Å². The molecule has 2 rings (SSSR count). The first-order chi connectivity index (χ1) is 10.1. The topological polar surface area (TPSA) is 102 Å². The lowest BCUT2D eigenvalue weighted by atomic mass is 10.1. The number of amides is 2. The van der Waals surface area contributed by atoms with E-state index in [0.29, 0.717) is 23.6 Å². The zero-order chi connectivity index (χ0) is 15.2. The predicted molar refractivity (Wildman–Crippen MR) is 76.1 cm³/mol. The smallest absolute Gasteiger partial charge is 0.313 e. The predicted octanol–water partition coefficient (Wildman–Crippen LogP) is 0.774. The highest BCUT2D eigenvalue weighted by Crippen LogP contribution is 2.33. The fourth-order valence-corrected chi connectivity index (χ4v) is 2.00. The van der Waals surface area contributed by atoms with Gasteiger partial charge >= 0.3 is 11.8 Å². The van der Waals surface area contributed by atoms with E-state index in [1.54, 1.807) is 24.3 Å². The van der Waals surface area contributed by atoms with Crippen LogP contribution in [-0.2, 0) is 9.59 Å². The van der Waals surface area contributed by atoms with Gasteiger partial charge in [0.15, 0.2) is 0 Å². The molecule has 1 unspecified atom stereocenters. The number of nitrogens with one attached hydrogen (secondary N) is 2. The van der Waals surface area contributed by atoms with Crippen LogP contribution in [0.1, 0.15) is 24.8 Å². The average molecular weight is 287 g/mol. The minimum Gasteiger partial charge on any atom is -0.393 e. The quantitative estimate of drug-likeness (QED) is 0.696. The van der Waals surface area contributed by atoms with Crippen LogP contribution >= 0.6 is 0 Å². The van der Waals surface area contributed by atoms with Crippen LogP contribution in [-0.4, -0.2) is 29.6 Å². The van der Waals surface area contributed by atoms with Crippen LogP contribution in [0.3, 0.4) is 0 Å². The Morgan fingerprint density at radius 3 is 2.71 bits per heavy atom. The van der Waals surface area contributed by atoms with Crippen LogP contribution in [0.15, 0.2) is 24.3 Å². The summed E-state index contributed by atoms with van der Waals surface area (Å²) in [6, 6.07) is 8.39. The number of benzene rings is 1. The van der Waals surface area contributed by atoms with Crippen LogP contribution in [0, 0.1) is 17.2 Å². The van der Waals surface area contributed by atoms with E-state index in [0.717, 1.165) is 12.8 Å². The maximum absolute atomic E-state index is 11.7. The molecule has 0 bridgehead atoms. The van der Waals surface area contributed by atoms with Crippen molar-refractivity contribution in [2.75, 3.05) is 11.9 Å². The third kappa shape index (κ3) is 4.29. The minimum atomic E-state index is -0.821. The lowest BCUT2D eigenvalue weighted by Gasteiger charge is -2.10. The second-order valence-electron chi connectivity index (χ2n) is 5.06. The molecule has 6 heteroatoms. The zero-order valence-electron chi connectivity index (χ0n) is 11.5. The standard InChI is InChI=1S/C15H17N3O3/c16-9-11-3-1-2-4-12(11)18-15(21)14(20)17-8-7-13(19)10-5-6-10/h1-4,10,13,19H,5-8H2,(H,17,20)(H,18,21). The van der Waals surface area contributed by atoms with Crippen LogP contribution in [0.4, 0.5) is 5.69 Å². The summed E-state index contributed by atoms with van der Waals surface area (Å²) >= 11 is 0. The Labute approximate surface area is 122 Å². The van der Waals surface area contributed by atoms with Gasteiger partial charge in [-0.2, -0.15) is 5.26 Å². The number of aliphatic hydroxyl groups excluding tert-OH is 1. The Kier molecular flexibility index (Phi) is 4.90. The Balaban J connectivity index is 1.79. The summed E-state index contributed by atoms with van der Waals surface area (Å²) in [6.45, 7) is 0.254. The molecule has 21 heavy (non-hydrogen) atoms. The number of anilines is 1. The lowest BCUT2D eigenvalue weighted by molar-refractivity contribution is -0.136. The molecule has 110 valence electrons. The van der Waals surface area contributed by atoms with E-state index in [1.165, 1.54) is 0 Å². The van der Waals surface area contributed by atoms with E-state index in [4.69, 9.17) is 5.26 Å². The summed E-state index contributed by atoms with van der Waals surface area (Å²) < 4.78 is 0. The molecule has 0 aromatic heterocycles. The van der Waals surface area contributed by atoms with Crippen molar-refractivity contribution in [2.24, 2.45) is 5.92 Å². The van der Waals surface area contributed by atoms with Crippen molar-refractivity contribution in [3.63, 3.8) is 0 Å². The van der Waals surface area contributed by atoms with Gasteiger partial charge in [-0.25, -0.2) is 0 Å². The summed E-state index contributed by atoms with van der Waals surface area (Å²) in [5, 5.41) is 23.4. The number of nitrogens with zero attached hydrogens (tertiary/aromatic N) is 1. The number of carbonyl (C=O) groups excluding carboxylic acids is 2. The number of aliphatic hydroxyl groups is 1. The maximum atomic E-state index is 11.7. The highest BCUT2D eigenvalue weighted by molar-refractivity contribution is 6.39. The highest BCUT2D eigenvalue weighted by atomic mass is 16.3. The van der Waals surface area contributed by atoms with Crippen molar-refractivity contribution in [3.05, 3.63) is 29.8 Å². The summed E-state index contributed by atoms with van der Waals surface area (Å²) in [4.78, 5) is 23.3. The first-order valence-corrected chi connectivity index (χ1v) is 6.88. The third-order valence-corrected chi connectivity index (χ3v) is 3.39. The van der Waals surface area contributed by atoms with Crippen LogP contribution in [0.5, 0.6) is 0 Å². The van der Waals surface area contributed by atoms with Crippen LogP contribution in [0.25, 0.3) is 0 Å². The summed E-state index contributed by atoms with van der Waals surface area (Å²) in [5.74, 6) is -1.25. The first kappa shape index (κ1) is 15.0. The second-order valence-corrected chi connectivity index (χ2v) is 5.06. The minimum absolute atomic E-state index is 0.254. The monoisotopic (exact) mass is 287 g/mol. The molecule has 1 aromatic rings. The molecule has 1 aromatic carbocycles. The molecule has 0 saturated heterocycles. The summed E-state index contributed by atoms with van der Waals surface area (Å²) in [5.41, 5.74) is 0.598. The molecule has 0 aliphatic heterocycles. The molecule has 6 nitrogen and oxygen atoms in total. The fourth-order valence-electron chi connectivity index (χ4n) is 2.00. The van der Waals surface area contributed by atoms with Crippen molar-refractivity contribution in [3.8, 4) is 6.07 Å². The van der Waals surface area contributed by atoms with Crippen molar-refractivity contribution < 1.29 is 14.7 Å². The van der Waals surface area contributed by atoms with Crippen LogP contribution < -0.4 is 10.6 Å². The number of hydrogen-bond donors (Lipinski definition) is 3. The fraction of sp³-hybridized carbons (Fsp3) is 0.400. The Bertz CT molecular complexity index is 576. The molecule has 0 spiro atoms. The SMILES string of the molecule is N#Cc1ccccc1NC(=O)C(=O)NCCC(O)C1CC1. The van der Waals surface area contributed by atoms with E-state index in [-0.39, 0.29) is 6.54 Å². The first-order valence-electron chi connectivity index (χ1n) is 6.88. The van der Waals surface area contributed by atoms with Gasteiger partial charge in [0.2, 0.25) is 0 Å². The number of rotatable bonds is 5. The van der Waals surface area contributed by atoms with Gasteiger partial charge in [-0.05, 0) is 37.3 Å². The van der Waals surface area contributed by atoms with Gasteiger partial charge in [-0.1, -0.05) is 12.1 Å². The van der Waals surface area contributed by atoms with E-state index in [9.17, 15) is 14.7 Å². The van der Waals surface area contributed by atoms with E-state index < -0.39 is 17.9 Å². The van der Waals surface area contributed by atoms with Gasteiger partial charge in [0.1, 0.15) is 6.07 Å². The largest absolute Gasteiger partial charge is 0.393 e. The number of para-hydroxylation sites is 1. The number of carbonyl (C=O) groups is 2. The third-order valence-electron chi connectivity index (χ3n) is 3.39. The molecular weight excluding hydrogens is 270 g/mol. The van der Waals surface area contributed by atoms with E-state index in [2.05, 4.69) is 10.6 Å². The average Bonchev–Trinajstić information content (AvgIpc) is 3.32. The zero-order valence-corrected chi connectivity index (χ0v) is 11.5. The summed E-state index contributed by atoms with van der Waals surface area (Å²) in [6.07, 6.45) is 2.09. The number of nitriles is 1. The van der Waals surface area contributed by atoms with Crippen molar-refractivity contribution in [1.29, 1.82) is 5.26 Å². The molecule has 1 atom stereocenters. The molecule has 2 amide bonds. The van der Waals surface area contributed by atoms with Gasteiger partial charge in [-0.3, -0.25) is 9.59 Å². The molecular formula is C15H17N3O3.